The summed E-state index contributed by atoms with van der Waals surface area (Å²) in [6.45, 7) is 0.678. The van der Waals surface area contributed by atoms with Crippen molar-refractivity contribution in [2.75, 3.05) is 19.5 Å². The molecule has 0 aromatic heterocycles. The van der Waals surface area contributed by atoms with E-state index in [0.717, 1.165) is 25.0 Å². The van der Waals surface area contributed by atoms with Crippen LogP contribution in [0.1, 0.15) is 36.0 Å². The van der Waals surface area contributed by atoms with Crippen LogP contribution in [0.5, 0.6) is 5.75 Å². The highest BCUT2D eigenvalue weighted by Crippen LogP contribution is 2.14. The zero-order valence-corrected chi connectivity index (χ0v) is 11.6. The van der Waals surface area contributed by atoms with Gasteiger partial charge in [-0.1, -0.05) is 18.9 Å². The number of ether oxygens (including phenoxy) is 2. The molecule has 0 aliphatic rings. The van der Waals surface area contributed by atoms with Gasteiger partial charge in [0.25, 0.3) is 0 Å². The van der Waals surface area contributed by atoms with Gasteiger partial charge in [0.15, 0.2) is 0 Å². The lowest BCUT2D eigenvalue weighted by molar-refractivity contribution is 0.0600. The molecule has 0 heterocycles. The fourth-order valence-electron chi connectivity index (χ4n) is 1.59. The molecule has 0 spiro atoms. The van der Waals surface area contributed by atoms with Gasteiger partial charge in [0.2, 0.25) is 0 Å². The summed E-state index contributed by atoms with van der Waals surface area (Å²) in [6, 6.07) is 7.06. The first-order valence-electron chi connectivity index (χ1n) is 6.20. The van der Waals surface area contributed by atoms with E-state index in [-0.39, 0.29) is 5.97 Å². The summed E-state index contributed by atoms with van der Waals surface area (Å²) in [4.78, 5) is 11.3. The zero-order valence-electron chi connectivity index (χ0n) is 10.7. The van der Waals surface area contributed by atoms with Gasteiger partial charge in [0.1, 0.15) is 5.75 Å². The molecule has 1 aromatic rings. The third-order valence-electron chi connectivity index (χ3n) is 2.58. The Labute approximate surface area is 114 Å². The number of carbonyl (C=O) groups is 1. The number of rotatable bonds is 8. The number of hydrogen-bond acceptors (Lipinski definition) is 4. The molecule has 0 aliphatic heterocycles. The Morgan fingerprint density at radius 1 is 1.22 bits per heavy atom. The van der Waals surface area contributed by atoms with Crippen molar-refractivity contribution in [3.05, 3.63) is 29.8 Å². The van der Waals surface area contributed by atoms with Crippen molar-refractivity contribution >= 4 is 18.6 Å². The summed E-state index contributed by atoms with van der Waals surface area (Å²) in [6.07, 6.45) is 4.52. The SMILES string of the molecule is COC(=O)c1cccc(OCCCCCCS)c1. The molecule has 100 valence electrons. The molecule has 0 bridgehead atoms. The summed E-state index contributed by atoms with van der Waals surface area (Å²) in [5.74, 6) is 1.32. The van der Waals surface area contributed by atoms with Crippen molar-refractivity contribution in [2.24, 2.45) is 0 Å². The van der Waals surface area contributed by atoms with Crippen molar-refractivity contribution in [3.8, 4) is 5.75 Å². The fraction of sp³-hybridized carbons (Fsp3) is 0.500. The lowest BCUT2D eigenvalue weighted by Crippen LogP contribution is -2.02. The summed E-state index contributed by atoms with van der Waals surface area (Å²) < 4.78 is 10.3. The van der Waals surface area contributed by atoms with Crippen LogP contribution in [0.4, 0.5) is 0 Å². The van der Waals surface area contributed by atoms with Gasteiger partial charge in [0.05, 0.1) is 19.3 Å². The smallest absolute Gasteiger partial charge is 0.337 e. The van der Waals surface area contributed by atoms with Crippen LogP contribution in [0.25, 0.3) is 0 Å². The number of unbranched alkanes of at least 4 members (excludes halogenated alkanes) is 3. The standard InChI is InChI=1S/C14H20O3S/c1-16-14(15)12-7-6-8-13(11-12)17-9-4-2-3-5-10-18/h6-8,11,18H,2-5,9-10H2,1H3. The molecular formula is C14H20O3S. The minimum absolute atomic E-state index is 0.339. The molecule has 0 N–H and O–H groups in total. The number of esters is 1. The van der Waals surface area contributed by atoms with Crippen LogP contribution in [0.2, 0.25) is 0 Å². The first-order valence-corrected chi connectivity index (χ1v) is 6.83. The third kappa shape index (κ3) is 5.45. The van der Waals surface area contributed by atoms with Crippen LogP contribution in [0.3, 0.4) is 0 Å². The molecule has 0 aliphatic carbocycles. The monoisotopic (exact) mass is 268 g/mol. The Hall–Kier alpha value is -1.16. The molecule has 0 unspecified atom stereocenters. The van der Waals surface area contributed by atoms with E-state index in [2.05, 4.69) is 17.4 Å². The van der Waals surface area contributed by atoms with E-state index >= 15 is 0 Å². The number of hydrogen-bond donors (Lipinski definition) is 1. The Bertz CT molecular complexity index is 366. The van der Waals surface area contributed by atoms with Crippen LogP contribution in [-0.2, 0) is 4.74 Å². The highest BCUT2D eigenvalue weighted by Gasteiger charge is 2.05. The Balaban J connectivity index is 2.32. The van der Waals surface area contributed by atoms with Crippen LogP contribution < -0.4 is 4.74 Å². The molecular weight excluding hydrogens is 248 g/mol. The predicted molar refractivity (Wildman–Crippen MR) is 75.6 cm³/mol. The normalized spacial score (nSPS) is 10.1. The minimum atomic E-state index is -0.339. The molecule has 0 saturated heterocycles. The van der Waals surface area contributed by atoms with Crippen LogP contribution >= 0.6 is 12.6 Å². The average Bonchev–Trinajstić information content (AvgIpc) is 2.42. The summed E-state index contributed by atoms with van der Waals surface area (Å²) in [7, 11) is 1.37. The van der Waals surface area contributed by atoms with Gasteiger partial charge in [-0.2, -0.15) is 12.6 Å². The molecule has 0 saturated carbocycles. The Kier molecular flexibility index (Phi) is 7.34. The second kappa shape index (κ2) is 8.86. The number of methoxy groups -OCH3 is 1. The molecule has 0 radical (unpaired) electrons. The number of thiol groups is 1. The number of benzene rings is 1. The lowest BCUT2D eigenvalue weighted by Gasteiger charge is -2.07. The van der Waals surface area contributed by atoms with Crippen molar-refractivity contribution in [3.63, 3.8) is 0 Å². The van der Waals surface area contributed by atoms with E-state index in [9.17, 15) is 4.79 Å². The molecule has 1 aromatic carbocycles. The van der Waals surface area contributed by atoms with Crippen molar-refractivity contribution in [2.45, 2.75) is 25.7 Å². The maximum Gasteiger partial charge on any atom is 0.337 e. The molecule has 1 rings (SSSR count). The molecule has 0 amide bonds. The third-order valence-corrected chi connectivity index (χ3v) is 2.89. The second-order valence-corrected chi connectivity index (χ2v) is 4.45. The van der Waals surface area contributed by atoms with Gasteiger partial charge < -0.3 is 9.47 Å². The van der Waals surface area contributed by atoms with Crippen LogP contribution in [-0.4, -0.2) is 25.4 Å². The van der Waals surface area contributed by atoms with E-state index in [1.54, 1.807) is 18.2 Å². The Morgan fingerprint density at radius 2 is 2.00 bits per heavy atom. The number of carbonyl (C=O) groups excluding carboxylic acids is 1. The van der Waals surface area contributed by atoms with Gasteiger partial charge in [-0.3, -0.25) is 0 Å². The minimum Gasteiger partial charge on any atom is -0.494 e. The summed E-state index contributed by atoms with van der Waals surface area (Å²) >= 11 is 4.17. The van der Waals surface area contributed by atoms with Gasteiger partial charge in [-0.15, -0.1) is 0 Å². The highest BCUT2D eigenvalue weighted by molar-refractivity contribution is 7.80. The summed E-state index contributed by atoms with van der Waals surface area (Å²) in [5, 5.41) is 0. The van der Waals surface area contributed by atoms with E-state index in [4.69, 9.17) is 4.74 Å². The molecule has 0 fully saturated rings. The van der Waals surface area contributed by atoms with Gasteiger partial charge in [0, 0.05) is 0 Å². The quantitative estimate of drug-likeness (QED) is 0.446. The van der Waals surface area contributed by atoms with Crippen molar-refractivity contribution in [1.82, 2.24) is 0 Å². The van der Waals surface area contributed by atoms with Crippen LogP contribution in [0.15, 0.2) is 24.3 Å². The maximum atomic E-state index is 11.3. The predicted octanol–water partition coefficient (Wildman–Crippen LogP) is 3.34. The largest absolute Gasteiger partial charge is 0.494 e. The summed E-state index contributed by atoms with van der Waals surface area (Å²) in [5.41, 5.74) is 0.519. The fourth-order valence-corrected chi connectivity index (χ4v) is 1.81. The lowest BCUT2D eigenvalue weighted by atomic mass is 10.2. The Morgan fingerprint density at radius 3 is 2.72 bits per heavy atom. The first-order chi connectivity index (χ1) is 8.77. The van der Waals surface area contributed by atoms with E-state index in [1.807, 2.05) is 6.07 Å². The van der Waals surface area contributed by atoms with E-state index < -0.39 is 0 Å². The van der Waals surface area contributed by atoms with Crippen molar-refractivity contribution < 1.29 is 14.3 Å². The molecule has 18 heavy (non-hydrogen) atoms. The van der Waals surface area contributed by atoms with Gasteiger partial charge in [-0.25, -0.2) is 4.79 Å². The van der Waals surface area contributed by atoms with Crippen LogP contribution in [0, 0.1) is 0 Å². The molecule has 3 nitrogen and oxygen atoms in total. The molecule has 0 atom stereocenters. The molecule has 4 heteroatoms. The maximum absolute atomic E-state index is 11.3. The van der Waals surface area contributed by atoms with E-state index in [0.29, 0.717) is 17.9 Å². The van der Waals surface area contributed by atoms with E-state index in [1.165, 1.54) is 13.5 Å². The second-order valence-electron chi connectivity index (χ2n) is 4.01. The van der Waals surface area contributed by atoms with Gasteiger partial charge in [-0.05, 0) is 36.8 Å². The van der Waals surface area contributed by atoms with Gasteiger partial charge >= 0.3 is 5.97 Å². The average molecular weight is 268 g/mol. The zero-order chi connectivity index (χ0) is 13.2. The highest BCUT2D eigenvalue weighted by atomic mass is 32.1. The first kappa shape index (κ1) is 14.9. The van der Waals surface area contributed by atoms with Crippen molar-refractivity contribution in [1.29, 1.82) is 0 Å². The topological polar surface area (TPSA) is 35.5 Å².